The first-order valence-electron chi connectivity index (χ1n) is 9.17. The van der Waals surface area contributed by atoms with Gasteiger partial charge in [-0.1, -0.05) is 27.2 Å². The van der Waals surface area contributed by atoms with Crippen molar-refractivity contribution in [1.82, 2.24) is 5.32 Å². The summed E-state index contributed by atoms with van der Waals surface area (Å²) in [6, 6.07) is 0. The van der Waals surface area contributed by atoms with Gasteiger partial charge in [0.2, 0.25) is 5.91 Å². The van der Waals surface area contributed by atoms with E-state index in [-0.39, 0.29) is 28.7 Å². The van der Waals surface area contributed by atoms with Gasteiger partial charge >= 0.3 is 5.97 Å². The Balaban J connectivity index is 1.55. The highest BCUT2D eigenvalue weighted by Crippen LogP contribution is 2.69. The molecule has 0 aromatic heterocycles. The Labute approximate surface area is 139 Å². The molecule has 2 bridgehead atoms. The van der Waals surface area contributed by atoms with E-state index in [1.807, 2.05) is 0 Å². The lowest BCUT2D eigenvalue weighted by Crippen LogP contribution is -2.75. The molecule has 0 radical (unpaired) electrons. The van der Waals surface area contributed by atoms with E-state index in [9.17, 15) is 9.59 Å². The van der Waals surface area contributed by atoms with Crippen molar-refractivity contribution >= 4 is 11.9 Å². The SMILES string of the molecule is COC(=O)CC12CC(NC(=O)[C@@H]3C[C@H](C)CC[C@H]3C(C)C)(C1)C2. The van der Waals surface area contributed by atoms with Gasteiger partial charge in [-0.2, -0.15) is 0 Å². The van der Waals surface area contributed by atoms with Crippen molar-refractivity contribution in [1.29, 1.82) is 0 Å². The minimum absolute atomic E-state index is 0.00663. The molecule has 0 aliphatic heterocycles. The van der Waals surface area contributed by atoms with Crippen LogP contribution in [0.3, 0.4) is 0 Å². The molecule has 0 aromatic carbocycles. The number of ether oxygens (including phenoxy) is 1. The molecule has 1 amide bonds. The lowest BCUT2D eigenvalue weighted by molar-refractivity contribution is -0.183. The molecule has 4 heteroatoms. The molecule has 4 aliphatic carbocycles. The highest BCUT2D eigenvalue weighted by atomic mass is 16.5. The minimum Gasteiger partial charge on any atom is -0.469 e. The van der Waals surface area contributed by atoms with Gasteiger partial charge in [0.25, 0.3) is 0 Å². The number of methoxy groups -OCH3 is 1. The van der Waals surface area contributed by atoms with E-state index >= 15 is 0 Å². The van der Waals surface area contributed by atoms with Crippen molar-refractivity contribution in [3.63, 3.8) is 0 Å². The second kappa shape index (κ2) is 5.78. The molecule has 4 nitrogen and oxygen atoms in total. The molecule has 3 atom stereocenters. The van der Waals surface area contributed by atoms with Crippen molar-refractivity contribution in [2.45, 2.75) is 71.3 Å². The molecule has 4 aliphatic rings. The van der Waals surface area contributed by atoms with Crippen LogP contribution in [-0.2, 0) is 14.3 Å². The third-order valence-electron chi connectivity index (χ3n) is 6.63. The Bertz CT molecular complexity index is 479. The number of rotatable bonds is 5. The second-order valence-electron chi connectivity index (χ2n) is 8.99. The smallest absolute Gasteiger partial charge is 0.306 e. The van der Waals surface area contributed by atoms with Crippen molar-refractivity contribution in [2.75, 3.05) is 7.11 Å². The number of carbonyl (C=O) groups excluding carboxylic acids is 2. The minimum atomic E-state index is -0.120. The van der Waals surface area contributed by atoms with Gasteiger partial charge < -0.3 is 10.1 Å². The highest BCUT2D eigenvalue weighted by molar-refractivity contribution is 5.81. The number of esters is 1. The van der Waals surface area contributed by atoms with Crippen molar-refractivity contribution < 1.29 is 14.3 Å². The Morgan fingerprint density at radius 2 is 1.87 bits per heavy atom. The predicted octanol–water partition coefficient (Wildman–Crippen LogP) is 3.30. The Kier molecular flexibility index (Phi) is 4.22. The molecule has 0 unspecified atom stereocenters. The predicted molar refractivity (Wildman–Crippen MR) is 88.6 cm³/mol. The lowest BCUT2D eigenvalue weighted by atomic mass is 9.38. The fourth-order valence-corrected chi connectivity index (χ4v) is 5.55. The molecule has 0 aromatic rings. The first-order valence-corrected chi connectivity index (χ1v) is 9.17. The van der Waals surface area contributed by atoms with Gasteiger partial charge in [-0.25, -0.2) is 0 Å². The van der Waals surface area contributed by atoms with Gasteiger partial charge in [-0.3, -0.25) is 9.59 Å². The molecule has 4 fully saturated rings. The fourth-order valence-electron chi connectivity index (χ4n) is 5.55. The van der Waals surface area contributed by atoms with Crippen LogP contribution in [-0.4, -0.2) is 24.5 Å². The first-order chi connectivity index (χ1) is 10.8. The summed E-state index contributed by atoms with van der Waals surface area (Å²) in [5, 5.41) is 3.36. The molecular weight excluding hydrogens is 290 g/mol. The molecule has 23 heavy (non-hydrogen) atoms. The molecule has 0 saturated heterocycles. The summed E-state index contributed by atoms with van der Waals surface area (Å²) in [6.45, 7) is 6.75. The summed E-state index contributed by atoms with van der Waals surface area (Å²) in [5.41, 5.74) is 0.116. The quantitative estimate of drug-likeness (QED) is 0.791. The summed E-state index contributed by atoms with van der Waals surface area (Å²) < 4.78 is 4.78. The van der Waals surface area contributed by atoms with E-state index in [4.69, 9.17) is 4.74 Å². The molecular formula is C19H31NO3. The number of nitrogens with one attached hydrogen (secondary N) is 1. The van der Waals surface area contributed by atoms with E-state index < -0.39 is 0 Å². The normalized spacial score (nSPS) is 41.7. The highest BCUT2D eigenvalue weighted by Gasteiger charge is 2.69. The number of hydrogen-bond donors (Lipinski definition) is 1. The van der Waals surface area contributed by atoms with Crippen LogP contribution in [0.25, 0.3) is 0 Å². The van der Waals surface area contributed by atoms with Gasteiger partial charge in [0, 0.05) is 11.5 Å². The zero-order chi connectivity index (χ0) is 16.8. The van der Waals surface area contributed by atoms with Gasteiger partial charge in [-0.05, 0) is 55.3 Å². The monoisotopic (exact) mass is 321 g/mol. The summed E-state index contributed by atoms with van der Waals surface area (Å²) in [6.07, 6.45) is 6.82. The third-order valence-corrected chi connectivity index (χ3v) is 6.63. The zero-order valence-corrected chi connectivity index (χ0v) is 15.0. The maximum atomic E-state index is 12.9. The second-order valence-corrected chi connectivity index (χ2v) is 8.99. The lowest BCUT2D eigenvalue weighted by Gasteiger charge is -2.70. The van der Waals surface area contributed by atoms with Crippen molar-refractivity contribution in [3.8, 4) is 0 Å². The summed E-state index contributed by atoms with van der Waals surface area (Å²) in [4.78, 5) is 24.3. The molecule has 1 N–H and O–H groups in total. The molecule has 4 rings (SSSR count). The van der Waals surface area contributed by atoms with Crippen LogP contribution in [0.2, 0.25) is 0 Å². The van der Waals surface area contributed by atoms with Gasteiger partial charge in [0.05, 0.1) is 13.5 Å². The third kappa shape index (κ3) is 3.01. The van der Waals surface area contributed by atoms with Gasteiger partial charge in [0.1, 0.15) is 0 Å². The summed E-state index contributed by atoms with van der Waals surface area (Å²) >= 11 is 0. The van der Waals surface area contributed by atoms with Crippen LogP contribution < -0.4 is 5.32 Å². The Morgan fingerprint density at radius 1 is 1.22 bits per heavy atom. The van der Waals surface area contributed by atoms with E-state index in [1.54, 1.807) is 0 Å². The maximum Gasteiger partial charge on any atom is 0.306 e. The molecule has 4 saturated carbocycles. The van der Waals surface area contributed by atoms with Crippen LogP contribution >= 0.6 is 0 Å². The Morgan fingerprint density at radius 3 is 2.43 bits per heavy atom. The maximum absolute atomic E-state index is 12.9. The zero-order valence-electron chi connectivity index (χ0n) is 15.0. The topological polar surface area (TPSA) is 55.4 Å². The van der Waals surface area contributed by atoms with E-state index in [0.717, 1.165) is 25.7 Å². The van der Waals surface area contributed by atoms with E-state index in [2.05, 4.69) is 26.1 Å². The van der Waals surface area contributed by atoms with Gasteiger partial charge in [-0.15, -0.1) is 0 Å². The van der Waals surface area contributed by atoms with Gasteiger partial charge in [0.15, 0.2) is 0 Å². The molecule has 0 spiro atoms. The van der Waals surface area contributed by atoms with Crippen LogP contribution in [0.1, 0.15) is 65.7 Å². The van der Waals surface area contributed by atoms with Crippen LogP contribution in [0, 0.1) is 29.1 Å². The van der Waals surface area contributed by atoms with E-state index in [1.165, 1.54) is 20.0 Å². The van der Waals surface area contributed by atoms with E-state index in [0.29, 0.717) is 24.2 Å². The standard InChI is InChI=1S/C19H31NO3/c1-12(2)14-6-5-13(3)7-15(14)17(22)20-19-9-18(10-19,11-19)8-16(21)23-4/h12-15H,5-11H2,1-4H3,(H,20,22)/t13-,14+,15-,18?,19?/m1/s1. The van der Waals surface area contributed by atoms with Crippen LogP contribution in [0.5, 0.6) is 0 Å². The Hall–Kier alpha value is -1.06. The molecule has 130 valence electrons. The average Bonchev–Trinajstić information content (AvgIpc) is 2.42. The average molecular weight is 321 g/mol. The van der Waals surface area contributed by atoms with Crippen molar-refractivity contribution in [2.24, 2.45) is 29.1 Å². The molecule has 0 heterocycles. The number of hydrogen-bond acceptors (Lipinski definition) is 3. The van der Waals surface area contributed by atoms with Crippen molar-refractivity contribution in [3.05, 3.63) is 0 Å². The van der Waals surface area contributed by atoms with Crippen LogP contribution in [0.4, 0.5) is 0 Å². The first kappa shape index (κ1) is 16.8. The summed E-state index contributed by atoms with van der Waals surface area (Å²) in [7, 11) is 1.45. The fraction of sp³-hybridized carbons (Fsp3) is 0.895. The summed E-state index contributed by atoms with van der Waals surface area (Å²) in [5.74, 6) is 2.05. The van der Waals surface area contributed by atoms with Crippen LogP contribution in [0.15, 0.2) is 0 Å². The number of carbonyl (C=O) groups is 2. The number of amides is 1. The largest absolute Gasteiger partial charge is 0.469 e.